The van der Waals surface area contributed by atoms with E-state index >= 15 is 0 Å². The van der Waals surface area contributed by atoms with E-state index in [0.717, 1.165) is 5.69 Å². The highest BCUT2D eigenvalue weighted by Gasteiger charge is 2.30. The van der Waals surface area contributed by atoms with Crippen LogP contribution in [0.25, 0.3) is 0 Å². The fraction of sp³-hybridized carbons (Fsp3) is 0.364. The van der Waals surface area contributed by atoms with Crippen LogP contribution in [-0.4, -0.2) is 28.2 Å². The van der Waals surface area contributed by atoms with Crippen molar-refractivity contribution in [2.45, 2.75) is 19.4 Å². The van der Waals surface area contributed by atoms with Crippen LogP contribution in [0.4, 0.5) is 5.69 Å². The minimum Gasteiger partial charge on any atom is -0.739 e. The first-order chi connectivity index (χ1) is 7.47. The van der Waals surface area contributed by atoms with E-state index in [2.05, 4.69) is 5.28 Å². The predicted octanol–water partition coefficient (Wildman–Crippen LogP) is 2.27. The average Bonchev–Trinajstić information content (AvgIpc) is 2.28. The van der Waals surface area contributed by atoms with Crippen molar-refractivity contribution >= 4 is 11.9 Å². The molecule has 0 spiro atoms. The van der Waals surface area contributed by atoms with Crippen molar-refractivity contribution in [2.75, 3.05) is 7.05 Å². The Kier molecular flexibility index (Phi) is 3.60. The summed E-state index contributed by atoms with van der Waals surface area (Å²) >= 11 is 0. The standard InChI is InChI=1S/C11H15N3O2/c1-11(2,14(16)12-15)9-13(3)10-7-5-4-6-8-10/h4-9H,1-3H3/b13-9?,14-12-. The molecule has 0 amide bonds. The number of benzene rings is 1. The molecule has 16 heavy (non-hydrogen) atoms. The van der Waals surface area contributed by atoms with Crippen molar-refractivity contribution in [1.29, 1.82) is 0 Å². The Morgan fingerprint density at radius 1 is 1.25 bits per heavy atom. The molecule has 0 aliphatic carbocycles. The number of nitrogens with zero attached hydrogens (tertiary/aromatic N) is 3. The minimum atomic E-state index is -0.966. The highest BCUT2D eigenvalue weighted by Crippen LogP contribution is 2.11. The maximum Gasteiger partial charge on any atom is 0.268 e. The van der Waals surface area contributed by atoms with Crippen molar-refractivity contribution < 1.29 is 9.44 Å². The molecular weight excluding hydrogens is 206 g/mol. The third-order valence-electron chi connectivity index (χ3n) is 2.24. The quantitative estimate of drug-likeness (QED) is 0.340. The van der Waals surface area contributed by atoms with E-state index in [9.17, 15) is 10.4 Å². The van der Waals surface area contributed by atoms with Gasteiger partial charge in [-0.05, 0) is 5.28 Å². The number of para-hydroxylation sites is 1. The second-order valence-electron chi connectivity index (χ2n) is 4.08. The molecule has 0 aliphatic rings. The van der Waals surface area contributed by atoms with Crippen molar-refractivity contribution in [2.24, 2.45) is 5.28 Å². The first-order valence-electron chi connectivity index (χ1n) is 4.92. The molecule has 0 heterocycles. The van der Waals surface area contributed by atoms with Crippen molar-refractivity contribution in [3.05, 3.63) is 40.7 Å². The molecule has 0 atom stereocenters. The van der Waals surface area contributed by atoms with E-state index < -0.39 is 5.54 Å². The van der Waals surface area contributed by atoms with Gasteiger partial charge in [0.15, 0.2) is 0 Å². The van der Waals surface area contributed by atoms with E-state index in [0.29, 0.717) is 0 Å². The Balaban J connectivity index is 3.02. The summed E-state index contributed by atoms with van der Waals surface area (Å²) in [5, 5.41) is 23.8. The van der Waals surface area contributed by atoms with Crippen LogP contribution < -0.4 is 0 Å². The van der Waals surface area contributed by atoms with Gasteiger partial charge < -0.3 is 10.4 Å². The van der Waals surface area contributed by atoms with E-state index in [1.54, 1.807) is 24.6 Å². The Bertz CT molecular complexity index is 410. The number of hydrogen-bond acceptors (Lipinski definition) is 3. The summed E-state index contributed by atoms with van der Waals surface area (Å²) in [6, 6.07) is 9.54. The third-order valence-corrected chi connectivity index (χ3v) is 2.24. The number of hydrogen-bond donors (Lipinski definition) is 0. The summed E-state index contributed by atoms with van der Waals surface area (Å²) in [6.07, 6.45) is 1.65. The van der Waals surface area contributed by atoms with Crippen LogP contribution in [0.1, 0.15) is 13.8 Å². The Hall–Kier alpha value is -1.91. The molecule has 86 valence electrons. The van der Waals surface area contributed by atoms with E-state index in [-0.39, 0.29) is 4.86 Å². The summed E-state index contributed by atoms with van der Waals surface area (Å²) in [4.78, 5) is 0.145. The molecule has 1 aromatic carbocycles. The lowest BCUT2D eigenvalue weighted by molar-refractivity contribution is -0.586. The molecule has 1 rings (SSSR count). The third kappa shape index (κ3) is 2.79. The lowest BCUT2D eigenvalue weighted by Crippen LogP contribution is -2.35. The van der Waals surface area contributed by atoms with Crippen molar-refractivity contribution in [3.8, 4) is 0 Å². The highest BCUT2D eigenvalue weighted by molar-refractivity contribution is 5.63. The predicted molar refractivity (Wildman–Crippen MR) is 61.9 cm³/mol. The molecule has 0 saturated carbocycles. The molecule has 0 N–H and O–H groups in total. The van der Waals surface area contributed by atoms with Gasteiger partial charge in [-0.1, -0.05) is 23.1 Å². The summed E-state index contributed by atoms with van der Waals surface area (Å²) in [7, 11) is 1.82. The number of hydroxylamine groups is 1. The second kappa shape index (κ2) is 4.74. The molecule has 0 radical (unpaired) electrons. The smallest absolute Gasteiger partial charge is 0.268 e. The molecule has 0 bridgehead atoms. The highest BCUT2D eigenvalue weighted by atomic mass is 16.6. The van der Waals surface area contributed by atoms with Crippen LogP contribution in [0, 0.1) is 10.4 Å². The molecule has 0 saturated heterocycles. The second-order valence-corrected chi connectivity index (χ2v) is 4.08. The SMILES string of the molecule is C[N+](=CC(C)(C)/[N+]([O-])=N/[O-])c1ccccc1. The van der Waals surface area contributed by atoms with E-state index in [1.807, 2.05) is 37.4 Å². The zero-order valence-electron chi connectivity index (χ0n) is 9.62. The van der Waals surface area contributed by atoms with Gasteiger partial charge in [0.25, 0.3) is 5.54 Å². The summed E-state index contributed by atoms with van der Waals surface area (Å²) in [5.41, 5.74) is -0.0262. The van der Waals surface area contributed by atoms with Gasteiger partial charge in [-0.3, -0.25) is 0 Å². The molecule has 5 heteroatoms. The first-order valence-corrected chi connectivity index (χ1v) is 4.92. The molecular formula is C11H15N3O2. The van der Waals surface area contributed by atoms with Gasteiger partial charge in [0.2, 0.25) is 11.9 Å². The van der Waals surface area contributed by atoms with Crippen LogP contribution in [0.2, 0.25) is 0 Å². The fourth-order valence-electron chi connectivity index (χ4n) is 1.37. The summed E-state index contributed by atoms with van der Waals surface area (Å²) in [5.74, 6) is 0. The molecule has 1 aromatic rings. The average molecular weight is 221 g/mol. The normalized spacial score (nSPS) is 13.9. The fourth-order valence-corrected chi connectivity index (χ4v) is 1.37. The zero-order valence-corrected chi connectivity index (χ0v) is 9.62. The van der Waals surface area contributed by atoms with Crippen LogP contribution >= 0.6 is 0 Å². The van der Waals surface area contributed by atoms with Gasteiger partial charge in [0, 0.05) is 26.0 Å². The zero-order chi connectivity index (χ0) is 12.2. The van der Waals surface area contributed by atoms with Gasteiger partial charge >= 0.3 is 0 Å². The molecule has 5 nitrogen and oxygen atoms in total. The maximum absolute atomic E-state index is 11.2. The Labute approximate surface area is 94.5 Å². The van der Waals surface area contributed by atoms with Crippen LogP contribution in [0.15, 0.2) is 35.6 Å². The van der Waals surface area contributed by atoms with E-state index in [1.165, 1.54) is 0 Å². The van der Waals surface area contributed by atoms with Crippen LogP contribution in [0.3, 0.4) is 0 Å². The van der Waals surface area contributed by atoms with Crippen LogP contribution in [-0.2, 0) is 0 Å². The minimum absolute atomic E-state index is 0.145. The van der Waals surface area contributed by atoms with Gasteiger partial charge in [-0.2, -0.15) is 4.58 Å². The summed E-state index contributed by atoms with van der Waals surface area (Å²) in [6.45, 7) is 3.25. The molecule has 0 fully saturated rings. The first kappa shape index (κ1) is 12.2. The van der Waals surface area contributed by atoms with Gasteiger partial charge in [-0.15, -0.1) is 0 Å². The van der Waals surface area contributed by atoms with Crippen LogP contribution in [0.5, 0.6) is 0 Å². The lowest BCUT2D eigenvalue weighted by atomic mass is 10.1. The Morgan fingerprint density at radius 2 is 1.81 bits per heavy atom. The maximum atomic E-state index is 11.2. The lowest BCUT2D eigenvalue weighted by Gasteiger charge is -2.15. The largest absolute Gasteiger partial charge is 0.739 e. The van der Waals surface area contributed by atoms with E-state index in [4.69, 9.17) is 0 Å². The molecule has 0 aliphatic heterocycles. The van der Waals surface area contributed by atoms with Gasteiger partial charge in [0.1, 0.15) is 7.05 Å². The topological polar surface area (TPSA) is 64.5 Å². The van der Waals surface area contributed by atoms with Gasteiger partial charge in [0.05, 0.1) is 0 Å². The monoisotopic (exact) mass is 221 g/mol. The molecule has 0 aromatic heterocycles. The molecule has 0 unspecified atom stereocenters. The Morgan fingerprint density at radius 3 is 2.31 bits per heavy atom. The van der Waals surface area contributed by atoms with Gasteiger partial charge in [-0.25, -0.2) is 0 Å². The van der Waals surface area contributed by atoms with Crippen molar-refractivity contribution in [3.63, 3.8) is 0 Å². The summed E-state index contributed by atoms with van der Waals surface area (Å²) < 4.78 is 1.79. The number of rotatable bonds is 3. The van der Waals surface area contributed by atoms with Crippen molar-refractivity contribution in [1.82, 2.24) is 0 Å².